The van der Waals surface area contributed by atoms with Gasteiger partial charge in [0.2, 0.25) is 0 Å². The Balaban J connectivity index is -0.000000121. The summed E-state index contributed by atoms with van der Waals surface area (Å²) in [6.45, 7) is 12.3. The van der Waals surface area contributed by atoms with Gasteiger partial charge in [0.15, 0.2) is 0 Å². The lowest BCUT2D eigenvalue weighted by Gasteiger charge is -2.19. The van der Waals surface area contributed by atoms with Crippen LogP contribution in [0.5, 0.6) is 0 Å². The van der Waals surface area contributed by atoms with Gasteiger partial charge < -0.3 is 10.6 Å². The van der Waals surface area contributed by atoms with Crippen LogP contribution in [0.4, 0.5) is 8.78 Å². The van der Waals surface area contributed by atoms with Crippen molar-refractivity contribution in [1.29, 1.82) is 0 Å². The van der Waals surface area contributed by atoms with Crippen molar-refractivity contribution in [1.82, 2.24) is 21.1 Å². The Morgan fingerprint density at radius 2 is 1.39 bits per heavy atom. The molecule has 0 aliphatic rings. The Morgan fingerprint density at radius 3 is 1.74 bits per heavy atom. The highest BCUT2D eigenvalue weighted by Crippen LogP contribution is 2.09. The SMILES string of the molecule is C.C.C.CC(C)CNCc1ccc(F)cc1F.CCCCN(CCCC)NC.CNC. The van der Waals surface area contributed by atoms with Crippen LogP contribution >= 0.6 is 0 Å². The van der Waals surface area contributed by atoms with Crippen LogP contribution in [0, 0.1) is 17.6 Å². The molecule has 0 heterocycles. The fourth-order valence-electron chi connectivity index (χ4n) is 2.19. The minimum atomic E-state index is -0.532. The molecule has 0 saturated carbocycles. The van der Waals surface area contributed by atoms with Crippen molar-refractivity contribution in [3.8, 4) is 0 Å². The lowest BCUT2D eigenvalue weighted by molar-refractivity contribution is 0.201. The topological polar surface area (TPSA) is 39.3 Å². The molecule has 0 aliphatic heterocycles. The first-order valence-electron chi connectivity index (χ1n) is 10.5. The van der Waals surface area contributed by atoms with E-state index in [9.17, 15) is 8.78 Å². The van der Waals surface area contributed by atoms with E-state index >= 15 is 0 Å². The molecule has 0 saturated heterocycles. The van der Waals surface area contributed by atoms with E-state index in [1.807, 2.05) is 21.1 Å². The third-order valence-electron chi connectivity index (χ3n) is 3.76. The summed E-state index contributed by atoms with van der Waals surface area (Å²) in [5.41, 5.74) is 3.71. The van der Waals surface area contributed by atoms with Crippen LogP contribution in [0.15, 0.2) is 18.2 Å². The summed E-state index contributed by atoms with van der Waals surface area (Å²) in [5.74, 6) is -0.491. The van der Waals surface area contributed by atoms with E-state index in [1.165, 1.54) is 50.9 Å². The van der Waals surface area contributed by atoms with Crippen LogP contribution < -0.4 is 16.1 Å². The third-order valence-corrected chi connectivity index (χ3v) is 3.76. The molecule has 1 rings (SSSR count). The van der Waals surface area contributed by atoms with Crippen molar-refractivity contribution < 1.29 is 8.78 Å². The predicted octanol–water partition coefficient (Wildman–Crippen LogP) is 6.48. The zero-order chi connectivity index (χ0) is 21.8. The highest BCUT2D eigenvalue weighted by Gasteiger charge is 2.03. The van der Waals surface area contributed by atoms with Gasteiger partial charge in [0.1, 0.15) is 11.6 Å². The van der Waals surface area contributed by atoms with Crippen molar-refractivity contribution in [2.24, 2.45) is 5.92 Å². The minimum Gasteiger partial charge on any atom is -0.323 e. The van der Waals surface area contributed by atoms with E-state index in [0.717, 1.165) is 12.6 Å². The summed E-state index contributed by atoms with van der Waals surface area (Å²) >= 11 is 0. The van der Waals surface area contributed by atoms with E-state index in [4.69, 9.17) is 0 Å². The minimum absolute atomic E-state index is 0. The van der Waals surface area contributed by atoms with Gasteiger partial charge in [0.25, 0.3) is 0 Å². The molecule has 0 aliphatic carbocycles. The monoisotopic (exact) mass is 450 g/mol. The van der Waals surface area contributed by atoms with Gasteiger partial charge in [-0.05, 0) is 52.5 Å². The molecule has 4 nitrogen and oxygen atoms in total. The summed E-state index contributed by atoms with van der Waals surface area (Å²) in [6.07, 6.45) is 5.16. The second-order valence-electron chi connectivity index (χ2n) is 7.18. The molecule has 0 unspecified atom stereocenters. The first-order chi connectivity index (χ1) is 13.4. The molecule has 0 spiro atoms. The lowest BCUT2D eigenvalue weighted by atomic mass is 10.2. The van der Waals surface area contributed by atoms with Crippen molar-refractivity contribution >= 4 is 0 Å². The standard InChI is InChI=1S/C11H15F2N.C9H22N2.C2H7N.3CH4/c1-8(2)6-14-7-9-3-4-10(12)5-11(9)13;1-4-6-8-11(10-3)9-7-5-2;1-3-2;;;/h3-5,8,14H,6-7H2,1-2H3;10H,4-9H2,1-3H3;3H,1-2H3;3*1H4. The first-order valence-corrected chi connectivity index (χ1v) is 10.5. The number of hydrazine groups is 1. The molecular weight excluding hydrogens is 394 g/mol. The molecule has 6 heteroatoms. The number of hydrogen-bond acceptors (Lipinski definition) is 4. The van der Waals surface area contributed by atoms with E-state index < -0.39 is 11.6 Å². The van der Waals surface area contributed by atoms with Crippen LogP contribution in [0.1, 0.15) is 81.2 Å². The summed E-state index contributed by atoms with van der Waals surface area (Å²) in [5, 5.41) is 8.15. The van der Waals surface area contributed by atoms with Gasteiger partial charge >= 0.3 is 0 Å². The van der Waals surface area contributed by atoms with Crippen molar-refractivity contribution in [2.75, 3.05) is 40.8 Å². The summed E-state index contributed by atoms with van der Waals surface area (Å²) in [6, 6.07) is 3.65. The van der Waals surface area contributed by atoms with E-state index in [1.54, 1.807) is 0 Å². The number of benzene rings is 1. The van der Waals surface area contributed by atoms with Crippen LogP contribution in [-0.2, 0) is 6.54 Å². The maximum atomic E-state index is 13.1. The molecule has 1 aromatic carbocycles. The molecule has 0 radical (unpaired) electrons. The Labute approximate surface area is 194 Å². The summed E-state index contributed by atoms with van der Waals surface area (Å²) in [7, 11) is 5.76. The number of nitrogens with one attached hydrogen (secondary N) is 3. The maximum absolute atomic E-state index is 13.1. The Kier molecular flexibility index (Phi) is 37.6. The summed E-state index contributed by atoms with van der Waals surface area (Å²) < 4.78 is 25.6. The number of halogens is 2. The maximum Gasteiger partial charge on any atom is 0.130 e. The van der Waals surface area contributed by atoms with Crippen LogP contribution in [0.25, 0.3) is 0 Å². The smallest absolute Gasteiger partial charge is 0.130 e. The number of hydrogen-bond donors (Lipinski definition) is 3. The van der Waals surface area contributed by atoms with Crippen molar-refractivity contribution in [3.63, 3.8) is 0 Å². The molecule has 0 aromatic heterocycles. The van der Waals surface area contributed by atoms with Crippen LogP contribution in [0.2, 0.25) is 0 Å². The highest BCUT2D eigenvalue weighted by molar-refractivity contribution is 5.18. The van der Waals surface area contributed by atoms with Gasteiger partial charge in [0.05, 0.1) is 0 Å². The molecule has 1 aromatic rings. The average molecular weight is 451 g/mol. The van der Waals surface area contributed by atoms with Gasteiger partial charge in [-0.1, -0.05) is 68.9 Å². The molecule has 31 heavy (non-hydrogen) atoms. The second-order valence-corrected chi connectivity index (χ2v) is 7.18. The highest BCUT2D eigenvalue weighted by atomic mass is 19.1. The number of unbranched alkanes of at least 4 members (excludes halogenated alkanes) is 2. The van der Waals surface area contributed by atoms with E-state index in [-0.39, 0.29) is 22.3 Å². The van der Waals surface area contributed by atoms with Gasteiger partial charge in [-0.15, -0.1) is 0 Å². The Morgan fingerprint density at radius 1 is 0.903 bits per heavy atom. The van der Waals surface area contributed by atoms with Gasteiger partial charge in [-0.2, -0.15) is 0 Å². The first kappa shape index (κ1) is 40.3. The Hall–Kier alpha value is -1.08. The molecule has 0 atom stereocenters. The quantitative estimate of drug-likeness (QED) is 0.338. The van der Waals surface area contributed by atoms with Gasteiger partial charge in [-0.25, -0.2) is 13.8 Å². The molecule has 0 bridgehead atoms. The molecule has 0 amide bonds. The van der Waals surface area contributed by atoms with Gasteiger partial charge in [-0.3, -0.25) is 5.43 Å². The lowest BCUT2D eigenvalue weighted by Crippen LogP contribution is -2.36. The van der Waals surface area contributed by atoms with E-state index in [0.29, 0.717) is 18.0 Å². The number of rotatable bonds is 11. The molecule has 0 fully saturated rings. The predicted molar refractivity (Wildman–Crippen MR) is 139 cm³/mol. The molecule has 190 valence electrons. The average Bonchev–Trinajstić information content (AvgIpc) is 2.65. The van der Waals surface area contributed by atoms with Crippen molar-refractivity contribution in [3.05, 3.63) is 35.4 Å². The van der Waals surface area contributed by atoms with Gasteiger partial charge in [0, 0.05) is 31.3 Å². The molecule has 3 N–H and O–H groups in total. The van der Waals surface area contributed by atoms with E-state index in [2.05, 4.69) is 48.8 Å². The second kappa shape index (κ2) is 28.9. The van der Waals surface area contributed by atoms with Crippen molar-refractivity contribution in [2.45, 2.75) is 82.2 Å². The Bertz CT molecular complexity index is 449. The third kappa shape index (κ3) is 26.9. The molecular formula is C25H56F2N4. The fourth-order valence-corrected chi connectivity index (χ4v) is 2.19. The fraction of sp³-hybridized carbons (Fsp3) is 0.760. The zero-order valence-electron chi connectivity index (χ0n) is 19.2. The summed E-state index contributed by atoms with van der Waals surface area (Å²) in [4.78, 5) is 0. The number of nitrogens with zero attached hydrogens (tertiary/aromatic N) is 1. The van der Waals surface area contributed by atoms with Crippen LogP contribution in [-0.4, -0.2) is 45.8 Å². The normalized spacial score (nSPS) is 9.39. The zero-order valence-corrected chi connectivity index (χ0v) is 19.2. The van der Waals surface area contributed by atoms with Crippen LogP contribution in [0.3, 0.4) is 0 Å². The largest absolute Gasteiger partial charge is 0.323 e.